The number of nitrogens with one attached hydrogen (secondary N) is 1. The van der Waals surface area contributed by atoms with Crippen molar-refractivity contribution in [3.05, 3.63) is 47.9 Å². The number of hydrogen-bond donors (Lipinski definition) is 1. The van der Waals surface area contributed by atoms with E-state index in [4.69, 9.17) is 4.99 Å². The first-order valence-electron chi connectivity index (χ1n) is 9.47. The van der Waals surface area contributed by atoms with E-state index >= 15 is 0 Å². The van der Waals surface area contributed by atoms with Crippen LogP contribution < -0.4 is 10.2 Å². The van der Waals surface area contributed by atoms with Gasteiger partial charge in [0.2, 0.25) is 0 Å². The van der Waals surface area contributed by atoms with E-state index in [1.54, 1.807) is 0 Å². The van der Waals surface area contributed by atoms with Gasteiger partial charge in [0.1, 0.15) is 5.82 Å². The highest BCUT2D eigenvalue weighted by molar-refractivity contribution is 14.0. The first-order chi connectivity index (χ1) is 12.7. The van der Waals surface area contributed by atoms with Gasteiger partial charge >= 0.3 is 0 Å². The molecule has 0 unspecified atom stereocenters. The first-order valence-corrected chi connectivity index (χ1v) is 9.47. The molecule has 0 saturated carbocycles. The van der Waals surface area contributed by atoms with Crippen molar-refractivity contribution in [3.63, 3.8) is 0 Å². The van der Waals surface area contributed by atoms with Crippen molar-refractivity contribution in [3.8, 4) is 0 Å². The van der Waals surface area contributed by atoms with Crippen LogP contribution in [0.4, 0.5) is 5.82 Å². The van der Waals surface area contributed by atoms with Gasteiger partial charge in [0, 0.05) is 51.8 Å². The summed E-state index contributed by atoms with van der Waals surface area (Å²) in [6.45, 7) is 6.66. The zero-order valence-electron chi connectivity index (χ0n) is 16.6. The van der Waals surface area contributed by atoms with Crippen molar-refractivity contribution in [2.24, 2.45) is 12.0 Å². The third kappa shape index (κ3) is 5.85. The molecule has 0 aliphatic carbocycles. The summed E-state index contributed by atoms with van der Waals surface area (Å²) in [5, 5.41) is 3.39. The molecular weight excluding hydrogens is 451 g/mol. The smallest absolute Gasteiger partial charge is 0.194 e. The van der Waals surface area contributed by atoms with Crippen molar-refractivity contribution >= 4 is 35.8 Å². The van der Waals surface area contributed by atoms with Crippen molar-refractivity contribution < 1.29 is 0 Å². The molecule has 2 aromatic rings. The van der Waals surface area contributed by atoms with Gasteiger partial charge in [-0.1, -0.05) is 0 Å². The Morgan fingerprint density at radius 2 is 2.07 bits per heavy atom. The minimum Gasteiger partial charge on any atom is -0.357 e. The molecule has 0 radical (unpaired) electrons. The molecule has 1 aliphatic rings. The molecule has 1 saturated heterocycles. The molecule has 6 nitrogen and oxygen atoms in total. The second-order valence-corrected chi connectivity index (χ2v) is 6.85. The second kappa shape index (κ2) is 10.5. The zero-order chi connectivity index (χ0) is 18.4. The second-order valence-electron chi connectivity index (χ2n) is 6.85. The van der Waals surface area contributed by atoms with Crippen LogP contribution in [-0.4, -0.2) is 47.1 Å². The molecule has 0 amide bonds. The molecule has 1 aliphatic heterocycles. The predicted molar refractivity (Wildman–Crippen MR) is 123 cm³/mol. The third-order valence-corrected chi connectivity index (χ3v) is 4.80. The Balaban J connectivity index is 0.00000261. The maximum absolute atomic E-state index is 4.84. The molecule has 0 spiro atoms. The molecule has 0 atom stereocenters. The van der Waals surface area contributed by atoms with E-state index in [0.29, 0.717) is 6.54 Å². The number of pyridine rings is 1. The highest BCUT2D eigenvalue weighted by atomic mass is 127. The highest BCUT2D eigenvalue weighted by Crippen LogP contribution is 2.18. The Hall–Kier alpha value is -1.77. The lowest BCUT2D eigenvalue weighted by Crippen LogP contribution is -2.38. The zero-order valence-corrected chi connectivity index (χ0v) is 18.9. The summed E-state index contributed by atoms with van der Waals surface area (Å²) in [5.74, 6) is 2.01. The van der Waals surface area contributed by atoms with Crippen molar-refractivity contribution in [1.82, 2.24) is 19.8 Å². The number of aliphatic imine (C=N–C) groups is 1. The van der Waals surface area contributed by atoms with Crippen LogP contribution in [0.3, 0.4) is 0 Å². The van der Waals surface area contributed by atoms with Crippen LogP contribution in [0.15, 0.2) is 41.7 Å². The van der Waals surface area contributed by atoms with Gasteiger partial charge in [0.15, 0.2) is 5.96 Å². The number of guanidine groups is 1. The monoisotopic (exact) mass is 482 g/mol. The topological polar surface area (TPSA) is 48.7 Å². The van der Waals surface area contributed by atoms with Gasteiger partial charge < -0.3 is 19.7 Å². The van der Waals surface area contributed by atoms with E-state index < -0.39 is 0 Å². The number of hydrogen-bond acceptors (Lipinski definition) is 3. The number of anilines is 1. The van der Waals surface area contributed by atoms with E-state index in [-0.39, 0.29) is 24.0 Å². The largest absolute Gasteiger partial charge is 0.357 e. The SMILES string of the molecule is CCNC(=NCc1ccnc(N2CCCC2)c1)N(C)Cc1cccn1C.I. The summed E-state index contributed by atoms with van der Waals surface area (Å²) < 4.78 is 2.14. The van der Waals surface area contributed by atoms with Crippen LogP contribution in [0.5, 0.6) is 0 Å². The fourth-order valence-electron chi connectivity index (χ4n) is 3.29. The summed E-state index contributed by atoms with van der Waals surface area (Å²) in [6, 6.07) is 8.45. The lowest BCUT2D eigenvalue weighted by atomic mass is 10.2. The fraction of sp³-hybridized carbons (Fsp3) is 0.500. The summed E-state index contributed by atoms with van der Waals surface area (Å²) >= 11 is 0. The first kappa shape index (κ1) is 21.5. The molecule has 3 rings (SSSR count). The summed E-state index contributed by atoms with van der Waals surface area (Å²) in [7, 11) is 4.15. The van der Waals surface area contributed by atoms with Gasteiger partial charge in [-0.3, -0.25) is 0 Å². The maximum Gasteiger partial charge on any atom is 0.194 e. The van der Waals surface area contributed by atoms with Crippen LogP contribution >= 0.6 is 24.0 Å². The molecule has 1 fully saturated rings. The quantitative estimate of drug-likeness (QED) is 0.390. The Morgan fingerprint density at radius 3 is 2.74 bits per heavy atom. The van der Waals surface area contributed by atoms with Crippen molar-refractivity contribution in [2.45, 2.75) is 32.9 Å². The Bertz CT molecular complexity index is 736. The molecule has 3 heterocycles. The molecule has 0 aromatic carbocycles. The van der Waals surface area contributed by atoms with E-state index in [1.807, 2.05) is 6.20 Å². The highest BCUT2D eigenvalue weighted by Gasteiger charge is 2.14. The minimum atomic E-state index is 0. The predicted octanol–water partition coefficient (Wildman–Crippen LogP) is 3.24. The number of halogens is 1. The maximum atomic E-state index is 4.84. The standard InChI is InChI=1S/C20H30N6.HI/c1-4-21-20(25(3)16-18-8-7-11-24(18)2)23-15-17-9-10-22-19(14-17)26-12-5-6-13-26;/h7-11,14H,4-6,12-13,15-16H2,1-3H3,(H,21,23);1H. The third-order valence-electron chi connectivity index (χ3n) is 4.80. The Morgan fingerprint density at radius 1 is 1.30 bits per heavy atom. The lowest BCUT2D eigenvalue weighted by Gasteiger charge is -2.22. The molecule has 148 valence electrons. The van der Waals surface area contributed by atoms with Gasteiger partial charge in [-0.15, -0.1) is 24.0 Å². The van der Waals surface area contributed by atoms with E-state index in [9.17, 15) is 0 Å². The molecule has 0 bridgehead atoms. The van der Waals surface area contributed by atoms with Crippen molar-refractivity contribution in [1.29, 1.82) is 0 Å². The summed E-state index contributed by atoms with van der Waals surface area (Å²) in [6.07, 6.45) is 6.50. The lowest BCUT2D eigenvalue weighted by molar-refractivity contribution is 0.462. The van der Waals surface area contributed by atoms with Gasteiger partial charge in [-0.25, -0.2) is 9.98 Å². The average molecular weight is 482 g/mol. The molecule has 27 heavy (non-hydrogen) atoms. The normalized spacial score (nSPS) is 14.2. The summed E-state index contributed by atoms with van der Waals surface area (Å²) in [5.41, 5.74) is 2.46. The molecule has 1 N–H and O–H groups in total. The number of nitrogens with zero attached hydrogens (tertiary/aromatic N) is 5. The van der Waals surface area contributed by atoms with Crippen molar-refractivity contribution in [2.75, 3.05) is 31.6 Å². The van der Waals surface area contributed by atoms with E-state index in [0.717, 1.165) is 38.0 Å². The molecular formula is C20H31IN6. The minimum absolute atomic E-state index is 0. The number of rotatable bonds is 6. The molecule has 2 aromatic heterocycles. The van der Waals surface area contributed by atoms with Crippen LogP contribution in [0.2, 0.25) is 0 Å². The van der Waals surface area contributed by atoms with Gasteiger partial charge in [-0.2, -0.15) is 0 Å². The van der Waals surface area contributed by atoms with Crippen LogP contribution in [0.25, 0.3) is 0 Å². The Labute approximate surface area is 179 Å². The van der Waals surface area contributed by atoms with Gasteiger partial charge in [-0.05, 0) is 49.6 Å². The van der Waals surface area contributed by atoms with E-state index in [1.165, 1.54) is 24.1 Å². The average Bonchev–Trinajstić information content (AvgIpc) is 3.31. The van der Waals surface area contributed by atoms with Crippen LogP contribution in [0.1, 0.15) is 31.0 Å². The Kier molecular flexibility index (Phi) is 8.40. The van der Waals surface area contributed by atoms with Gasteiger partial charge in [0.25, 0.3) is 0 Å². The fourth-order valence-corrected chi connectivity index (χ4v) is 3.29. The number of aromatic nitrogens is 2. The van der Waals surface area contributed by atoms with Crippen LogP contribution in [-0.2, 0) is 20.1 Å². The summed E-state index contributed by atoms with van der Waals surface area (Å²) in [4.78, 5) is 13.9. The van der Waals surface area contributed by atoms with E-state index in [2.05, 4.69) is 76.1 Å². The van der Waals surface area contributed by atoms with Gasteiger partial charge in [0.05, 0.1) is 13.1 Å². The van der Waals surface area contributed by atoms with Crippen LogP contribution in [0, 0.1) is 0 Å². The molecule has 7 heteroatoms. The number of aryl methyl sites for hydroxylation is 1.